The van der Waals surface area contributed by atoms with Gasteiger partial charge in [0.15, 0.2) is 0 Å². The summed E-state index contributed by atoms with van der Waals surface area (Å²) in [5.41, 5.74) is 0.739. The van der Waals surface area contributed by atoms with Gasteiger partial charge in [0.25, 0.3) is 0 Å². The highest BCUT2D eigenvalue weighted by Crippen LogP contribution is 2.06. The Morgan fingerprint density at radius 3 is 2.85 bits per heavy atom. The third-order valence-corrected chi connectivity index (χ3v) is 3.05. The van der Waals surface area contributed by atoms with Crippen molar-refractivity contribution >= 4 is 0 Å². The van der Waals surface area contributed by atoms with Crippen LogP contribution in [0.4, 0.5) is 4.39 Å². The minimum Gasteiger partial charge on any atom is -0.310 e. The molecule has 108 valence electrons. The molecule has 2 rings (SSSR count). The smallest absolute Gasteiger partial charge is 0.140 e. The molecule has 1 aromatic carbocycles. The molecule has 0 fully saturated rings. The summed E-state index contributed by atoms with van der Waals surface area (Å²) in [6, 6.07) is 6.88. The fraction of sp³-hybridized carbons (Fsp3) is 0.467. The zero-order chi connectivity index (χ0) is 14.4. The van der Waals surface area contributed by atoms with Crippen molar-refractivity contribution in [3.8, 4) is 0 Å². The molecule has 0 aliphatic carbocycles. The Morgan fingerprint density at radius 2 is 2.10 bits per heavy atom. The third kappa shape index (κ3) is 4.13. The lowest BCUT2D eigenvalue weighted by molar-refractivity contribution is 0.457. The summed E-state index contributed by atoms with van der Waals surface area (Å²) in [7, 11) is 0. The first kappa shape index (κ1) is 14.7. The number of hydrogen-bond acceptors (Lipinski definition) is 3. The van der Waals surface area contributed by atoms with Crippen LogP contribution in [-0.2, 0) is 19.5 Å². The highest BCUT2D eigenvalue weighted by molar-refractivity contribution is 5.17. The number of nitrogens with one attached hydrogen (secondary N) is 1. The van der Waals surface area contributed by atoms with Crippen LogP contribution in [0.15, 0.2) is 30.6 Å². The number of benzene rings is 1. The predicted molar refractivity (Wildman–Crippen MR) is 76.7 cm³/mol. The molecule has 1 aromatic heterocycles. The van der Waals surface area contributed by atoms with E-state index in [1.165, 1.54) is 6.07 Å². The van der Waals surface area contributed by atoms with Crippen LogP contribution < -0.4 is 5.32 Å². The average molecular weight is 276 g/mol. The minimum absolute atomic E-state index is 0.141. The molecule has 0 bridgehead atoms. The van der Waals surface area contributed by atoms with E-state index in [1.807, 2.05) is 16.8 Å². The molecule has 0 amide bonds. The minimum atomic E-state index is -0.141. The third-order valence-electron chi connectivity index (χ3n) is 3.05. The Hall–Kier alpha value is -1.75. The Labute approximate surface area is 119 Å². The molecule has 20 heavy (non-hydrogen) atoms. The molecule has 0 unspecified atom stereocenters. The van der Waals surface area contributed by atoms with Gasteiger partial charge < -0.3 is 5.32 Å². The van der Waals surface area contributed by atoms with Crippen LogP contribution in [0.2, 0.25) is 0 Å². The Kier molecular flexibility index (Phi) is 5.24. The second-order valence-corrected chi connectivity index (χ2v) is 5.27. The van der Waals surface area contributed by atoms with Gasteiger partial charge in [-0.05, 0) is 30.5 Å². The zero-order valence-corrected chi connectivity index (χ0v) is 12.0. The normalized spacial score (nSPS) is 11.2. The lowest BCUT2D eigenvalue weighted by Crippen LogP contribution is -2.21. The Morgan fingerprint density at radius 1 is 1.30 bits per heavy atom. The molecule has 1 heterocycles. The van der Waals surface area contributed by atoms with E-state index >= 15 is 0 Å². The molecule has 0 saturated heterocycles. The summed E-state index contributed by atoms with van der Waals surface area (Å²) in [6.07, 6.45) is 2.25. The second-order valence-electron chi connectivity index (χ2n) is 5.27. The van der Waals surface area contributed by atoms with Gasteiger partial charge in [-0.3, -0.25) is 0 Å². The Balaban J connectivity index is 1.79. The fourth-order valence-corrected chi connectivity index (χ4v) is 2.05. The van der Waals surface area contributed by atoms with Crippen LogP contribution in [0, 0.1) is 11.7 Å². The van der Waals surface area contributed by atoms with Crippen molar-refractivity contribution in [2.45, 2.75) is 33.4 Å². The van der Waals surface area contributed by atoms with Crippen molar-refractivity contribution in [2.24, 2.45) is 5.92 Å². The summed E-state index contributed by atoms with van der Waals surface area (Å²) in [4.78, 5) is 4.25. The standard InChI is InChI=1S/C15H21FN4/c1-12(2)10-20-15(18-11-19-20)9-17-8-7-13-5-3-4-6-14(13)16/h3-6,11-12,17H,7-10H2,1-2H3. The van der Waals surface area contributed by atoms with Crippen LogP contribution in [0.3, 0.4) is 0 Å². The van der Waals surface area contributed by atoms with Gasteiger partial charge in [-0.15, -0.1) is 0 Å². The summed E-state index contributed by atoms with van der Waals surface area (Å²) in [6.45, 7) is 6.54. The summed E-state index contributed by atoms with van der Waals surface area (Å²) in [5.74, 6) is 1.32. The molecule has 5 heteroatoms. The maximum atomic E-state index is 13.4. The van der Waals surface area contributed by atoms with Crippen LogP contribution in [0.5, 0.6) is 0 Å². The quantitative estimate of drug-likeness (QED) is 0.790. The van der Waals surface area contributed by atoms with Crippen molar-refractivity contribution in [1.29, 1.82) is 0 Å². The number of nitrogens with zero attached hydrogens (tertiary/aromatic N) is 3. The van der Waals surface area contributed by atoms with E-state index in [0.29, 0.717) is 18.9 Å². The first-order valence-electron chi connectivity index (χ1n) is 6.97. The van der Waals surface area contributed by atoms with Crippen LogP contribution >= 0.6 is 0 Å². The van der Waals surface area contributed by atoms with E-state index in [-0.39, 0.29) is 5.82 Å². The molecular weight excluding hydrogens is 255 g/mol. The van der Waals surface area contributed by atoms with Crippen molar-refractivity contribution in [2.75, 3.05) is 6.54 Å². The Bertz CT molecular complexity index is 536. The van der Waals surface area contributed by atoms with Gasteiger partial charge in [0.05, 0.1) is 6.54 Å². The van der Waals surface area contributed by atoms with Gasteiger partial charge in [0.1, 0.15) is 18.0 Å². The van der Waals surface area contributed by atoms with E-state index in [1.54, 1.807) is 12.4 Å². The van der Waals surface area contributed by atoms with E-state index in [4.69, 9.17) is 0 Å². The zero-order valence-electron chi connectivity index (χ0n) is 12.0. The van der Waals surface area contributed by atoms with Crippen molar-refractivity contribution in [1.82, 2.24) is 20.1 Å². The molecule has 4 nitrogen and oxygen atoms in total. The second kappa shape index (κ2) is 7.14. The van der Waals surface area contributed by atoms with Gasteiger partial charge >= 0.3 is 0 Å². The maximum Gasteiger partial charge on any atom is 0.140 e. The lowest BCUT2D eigenvalue weighted by Gasteiger charge is -2.09. The highest BCUT2D eigenvalue weighted by Gasteiger charge is 2.06. The maximum absolute atomic E-state index is 13.4. The van der Waals surface area contributed by atoms with Crippen LogP contribution in [0.25, 0.3) is 0 Å². The summed E-state index contributed by atoms with van der Waals surface area (Å²) >= 11 is 0. The van der Waals surface area contributed by atoms with E-state index < -0.39 is 0 Å². The van der Waals surface area contributed by atoms with Crippen LogP contribution in [0.1, 0.15) is 25.2 Å². The molecule has 0 atom stereocenters. The molecule has 2 aromatic rings. The number of hydrogen-bond donors (Lipinski definition) is 1. The molecule has 0 spiro atoms. The largest absolute Gasteiger partial charge is 0.310 e. The van der Waals surface area contributed by atoms with Gasteiger partial charge in [0, 0.05) is 6.54 Å². The monoisotopic (exact) mass is 276 g/mol. The van der Waals surface area contributed by atoms with Crippen molar-refractivity contribution < 1.29 is 4.39 Å². The first-order valence-corrected chi connectivity index (χ1v) is 6.97. The topological polar surface area (TPSA) is 42.7 Å². The van der Waals surface area contributed by atoms with Gasteiger partial charge in [-0.2, -0.15) is 5.10 Å². The van der Waals surface area contributed by atoms with Gasteiger partial charge in [-0.1, -0.05) is 32.0 Å². The highest BCUT2D eigenvalue weighted by atomic mass is 19.1. The number of halogens is 1. The van der Waals surface area contributed by atoms with Crippen molar-refractivity contribution in [3.63, 3.8) is 0 Å². The SMILES string of the molecule is CC(C)Cn1ncnc1CNCCc1ccccc1F. The summed E-state index contributed by atoms with van der Waals surface area (Å²) in [5, 5.41) is 7.50. The fourth-order valence-electron chi connectivity index (χ4n) is 2.05. The van der Waals surface area contributed by atoms with Gasteiger partial charge in [0.2, 0.25) is 0 Å². The van der Waals surface area contributed by atoms with Gasteiger partial charge in [-0.25, -0.2) is 14.1 Å². The average Bonchev–Trinajstić information content (AvgIpc) is 2.83. The van der Waals surface area contributed by atoms with E-state index in [2.05, 4.69) is 29.2 Å². The predicted octanol–water partition coefficient (Wildman–Crippen LogP) is 2.41. The molecule has 0 radical (unpaired) electrons. The van der Waals surface area contributed by atoms with E-state index in [0.717, 1.165) is 24.5 Å². The lowest BCUT2D eigenvalue weighted by atomic mass is 10.1. The molecule has 0 aliphatic rings. The first-order chi connectivity index (χ1) is 9.66. The number of rotatable bonds is 7. The molecule has 0 saturated carbocycles. The number of aromatic nitrogens is 3. The van der Waals surface area contributed by atoms with Crippen LogP contribution in [-0.4, -0.2) is 21.3 Å². The molecule has 0 aliphatic heterocycles. The van der Waals surface area contributed by atoms with E-state index in [9.17, 15) is 4.39 Å². The summed E-state index contributed by atoms with van der Waals surface area (Å²) < 4.78 is 15.4. The molecule has 1 N–H and O–H groups in total. The van der Waals surface area contributed by atoms with Crippen molar-refractivity contribution in [3.05, 3.63) is 47.8 Å². The molecular formula is C15H21FN4.